The molecule has 2 aromatic heterocycles. The van der Waals surface area contributed by atoms with Crippen molar-refractivity contribution in [1.29, 1.82) is 0 Å². The van der Waals surface area contributed by atoms with E-state index in [-0.39, 0.29) is 11.9 Å². The van der Waals surface area contributed by atoms with E-state index in [0.717, 1.165) is 27.9 Å². The Labute approximate surface area is 179 Å². The number of pyridine rings is 1. The Bertz CT molecular complexity index is 1230. The number of benzene rings is 2. The Balaban J connectivity index is 1.60. The average molecular weight is 415 g/mol. The van der Waals surface area contributed by atoms with E-state index in [9.17, 15) is 9.59 Å². The molecule has 0 saturated carbocycles. The van der Waals surface area contributed by atoms with Gasteiger partial charge in [0, 0.05) is 16.5 Å². The van der Waals surface area contributed by atoms with E-state index in [0.29, 0.717) is 30.0 Å². The molecule has 0 aliphatic carbocycles. The summed E-state index contributed by atoms with van der Waals surface area (Å²) in [5, 5.41) is 8.25. The van der Waals surface area contributed by atoms with Crippen molar-refractivity contribution in [3.8, 4) is 22.5 Å². The Morgan fingerprint density at radius 1 is 0.774 bits per heavy atom. The summed E-state index contributed by atoms with van der Waals surface area (Å²) in [6.07, 6.45) is 0. The molecule has 0 atom stereocenters. The summed E-state index contributed by atoms with van der Waals surface area (Å²) in [5.41, 5.74) is 4.91. The second kappa shape index (κ2) is 8.79. The van der Waals surface area contributed by atoms with Crippen LogP contribution in [0.1, 0.15) is 34.6 Å². The summed E-state index contributed by atoms with van der Waals surface area (Å²) >= 11 is 0. The normalized spacial score (nSPS) is 10.8. The minimum absolute atomic E-state index is 0.337. The van der Waals surface area contributed by atoms with Crippen LogP contribution in [0, 0.1) is 0 Å². The molecule has 0 amide bonds. The molecular formula is C24H21N3O4. The first-order valence-electron chi connectivity index (χ1n) is 10.0. The maximum Gasteiger partial charge on any atom is 0.338 e. The highest BCUT2D eigenvalue weighted by atomic mass is 16.5. The number of nitrogens with one attached hydrogen (secondary N) is 1. The fourth-order valence-electron chi connectivity index (χ4n) is 3.26. The van der Waals surface area contributed by atoms with Crippen molar-refractivity contribution < 1.29 is 19.1 Å². The first kappa shape index (κ1) is 20.3. The van der Waals surface area contributed by atoms with Gasteiger partial charge in [0.25, 0.3) is 0 Å². The highest BCUT2D eigenvalue weighted by Crippen LogP contribution is 2.28. The van der Waals surface area contributed by atoms with Crippen molar-refractivity contribution in [3.63, 3.8) is 0 Å². The Morgan fingerprint density at radius 3 is 1.87 bits per heavy atom. The third-order valence-corrected chi connectivity index (χ3v) is 4.79. The second-order valence-corrected chi connectivity index (χ2v) is 6.76. The monoisotopic (exact) mass is 415 g/mol. The van der Waals surface area contributed by atoms with Gasteiger partial charge in [0.2, 0.25) is 0 Å². The third kappa shape index (κ3) is 4.16. The van der Waals surface area contributed by atoms with Gasteiger partial charge < -0.3 is 9.47 Å². The predicted octanol–water partition coefficient (Wildman–Crippen LogP) is 4.65. The minimum atomic E-state index is -0.346. The number of esters is 2. The van der Waals surface area contributed by atoms with Gasteiger partial charge in [0.05, 0.1) is 30.0 Å². The topological polar surface area (TPSA) is 94.2 Å². The molecule has 0 unspecified atom stereocenters. The molecule has 0 aliphatic heterocycles. The highest BCUT2D eigenvalue weighted by molar-refractivity contribution is 5.94. The fourth-order valence-corrected chi connectivity index (χ4v) is 3.26. The van der Waals surface area contributed by atoms with Crippen LogP contribution in [0.25, 0.3) is 33.5 Å². The van der Waals surface area contributed by atoms with Crippen molar-refractivity contribution in [2.45, 2.75) is 13.8 Å². The molecule has 0 bridgehead atoms. The number of carbonyl (C=O) groups excluding carboxylic acids is 2. The van der Waals surface area contributed by atoms with E-state index >= 15 is 0 Å². The molecule has 2 aromatic carbocycles. The van der Waals surface area contributed by atoms with E-state index < -0.39 is 0 Å². The molecule has 7 heteroatoms. The van der Waals surface area contributed by atoms with Gasteiger partial charge in [0.1, 0.15) is 5.69 Å². The molecule has 0 saturated heterocycles. The number of hydrogen-bond acceptors (Lipinski definition) is 6. The predicted molar refractivity (Wildman–Crippen MR) is 117 cm³/mol. The minimum Gasteiger partial charge on any atom is -0.462 e. The van der Waals surface area contributed by atoms with E-state index in [4.69, 9.17) is 9.47 Å². The standard InChI is InChI=1S/C24H21N3O4/c1-3-30-23(28)17-9-5-15(6-10-17)20-14-13-19-21(26-27-22(19)25-20)16-7-11-18(12-8-16)24(29)31-4-2/h5-14H,3-4H2,1-2H3,(H,25,26,27). The number of nitrogens with zero attached hydrogens (tertiary/aromatic N) is 2. The van der Waals surface area contributed by atoms with Gasteiger partial charge in [-0.3, -0.25) is 5.10 Å². The Kier molecular flexibility index (Phi) is 5.75. The van der Waals surface area contributed by atoms with Crippen LogP contribution in [0.3, 0.4) is 0 Å². The smallest absolute Gasteiger partial charge is 0.338 e. The van der Waals surface area contributed by atoms with Crippen LogP contribution in [-0.4, -0.2) is 40.3 Å². The zero-order valence-corrected chi connectivity index (χ0v) is 17.2. The van der Waals surface area contributed by atoms with E-state index in [1.165, 1.54) is 0 Å². The van der Waals surface area contributed by atoms with Gasteiger partial charge in [-0.2, -0.15) is 5.10 Å². The van der Waals surface area contributed by atoms with Crippen LogP contribution in [0.2, 0.25) is 0 Å². The first-order chi connectivity index (χ1) is 15.1. The quantitative estimate of drug-likeness (QED) is 0.461. The lowest BCUT2D eigenvalue weighted by atomic mass is 10.1. The lowest BCUT2D eigenvalue weighted by Crippen LogP contribution is -2.04. The number of H-pyrrole nitrogens is 1. The van der Waals surface area contributed by atoms with Crippen LogP contribution in [0.15, 0.2) is 60.7 Å². The molecule has 1 N–H and O–H groups in total. The van der Waals surface area contributed by atoms with Crippen LogP contribution < -0.4 is 0 Å². The fraction of sp³-hybridized carbons (Fsp3) is 0.167. The van der Waals surface area contributed by atoms with Crippen molar-refractivity contribution in [3.05, 3.63) is 71.8 Å². The summed E-state index contributed by atoms with van der Waals surface area (Å²) in [6.45, 7) is 4.23. The van der Waals surface area contributed by atoms with Crippen molar-refractivity contribution in [1.82, 2.24) is 15.2 Å². The van der Waals surface area contributed by atoms with Crippen LogP contribution >= 0.6 is 0 Å². The number of rotatable bonds is 6. The molecule has 2 heterocycles. The molecule has 4 rings (SSSR count). The number of aromatic nitrogens is 3. The van der Waals surface area contributed by atoms with Crippen LogP contribution in [-0.2, 0) is 9.47 Å². The largest absolute Gasteiger partial charge is 0.462 e. The van der Waals surface area contributed by atoms with Gasteiger partial charge >= 0.3 is 11.9 Å². The zero-order valence-electron chi connectivity index (χ0n) is 17.2. The van der Waals surface area contributed by atoms with Crippen LogP contribution in [0.5, 0.6) is 0 Å². The summed E-state index contributed by atoms with van der Waals surface area (Å²) < 4.78 is 10.0. The number of fused-ring (bicyclic) bond motifs is 1. The second-order valence-electron chi connectivity index (χ2n) is 6.76. The molecule has 0 aliphatic rings. The number of aromatic amines is 1. The maximum absolute atomic E-state index is 11.8. The van der Waals surface area contributed by atoms with Gasteiger partial charge in [-0.25, -0.2) is 14.6 Å². The summed E-state index contributed by atoms with van der Waals surface area (Å²) in [7, 11) is 0. The van der Waals surface area contributed by atoms with Crippen molar-refractivity contribution >= 4 is 23.0 Å². The molecule has 7 nitrogen and oxygen atoms in total. The molecule has 4 aromatic rings. The van der Waals surface area contributed by atoms with E-state index in [1.54, 1.807) is 38.1 Å². The lowest BCUT2D eigenvalue weighted by molar-refractivity contribution is 0.0517. The Hall–Kier alpha value is -4.00. The highest BCUT2D eigenvalue weighted by Gasteiger charge is 2.13. The maximum atomic E-state index is 11.8. The van der Waals surface area contributed by atoms with Crippen LogP contribution in [0.4, 0.5) is 0 Å². The molecule has 31 heavy (non-hydrogen) atoms. The summed E-state index contributed by atoms with van der Waals surface area (Å²) in [5.74, 6) is -0.689. The molecule has 0 radical (unpaired) electrons. The molecule has 156 valence electrons. The zero-order chi connectivity index (χ0) is 21.8. The lowest BCUT2D eigenvalue weighted by Gasteiger charge is -2.05. The van der Waals surface area contributed by atoms with Gasteiger partial charge in [-0.05, 0) is 50.2 Å². The van der Waals surface area contributed by atoms with E-state index in [2.05, 4.69) is 15.2 Å². The SMILES string of the molecule is CCOC(=O)c1ccc(-c2ccc3c(-c4ccc(C(=O)OCC)cc4)n[nH]c3n2)cc1. The van der Waals surface area contributed by atoms with E-state index in [1.807, 2.05) is 36.4 Å². The molecular weight excluding hydrogens is 394 g/mol. The third-order valence-electron chi connectivity index (χ3n) is 4.79. The Morgan fingerprint density at radius 2 is 1.32 bits per heavy atom. The van der Waals surface area contributed by atoms with Gasteiger partial charge in [-0.1, -0.05) is 24.3 Å². The number of hydrogen-bond donors (Lipinski definition) is 1. The van der Waals surface area contributed by atoms with Crippen molar-refractivity contribution in [2.24, 2.45) is 0 Å². The van der Waals surface area contributed by atoms with Gasteiger partial charge in [-0.15, -0.1) is 0 Å². The first-order valence-corrected chi connectivity index (χ1v) is 10.0. The summed E-state index contributed by atoms with van der Waals surface area (Å²) in [4.78, 5) is 28.3. The molecule has 0 fully saturated rings. The summed E-state index contributed by atoms with van der Waals surface area (Å²) in [6, 6.07) is 18.1. The number of ether oxygens (including phenoxy) is 2. The molecule has 0 spiro atoms. The van der Waals surface area contributed by atoms with Crippen molar-refractivity contribution in [2.75, 3.05) is 13.2 Å². The van der Waals surface area contributed by atoms with Gasteiger partial charge in [0.15, 0.2) is 5.65 Å². The average Bonchev–Trinajstić information content (AvgIpc) is 3.23. The number of carbonyl (C=O) groups is 2.